The Morgan fingerprint density at radius 3 is 2.38 bits per heavy atom. The Morgan fingerprint density at radius 1 is 1.05 bits per heavy atom. The molecule has 0 aliphatic carbocycles. The molecule has 0 saturated heterocycles. The largest absolute Gasteiger partial charge is 0.488 e. The fourth-order valence-corrected chi connectivity index (χ4v) is 6.10. The highest BCUT2D eigenvalue weighted by molar-refractivity contribution is 7.07. The van der Waals surface area contributed by atoms with E-state index < -0.39 is 12.0 Å². The Balaban J connectivity index is 1.54. The third-order valence-electron chi connectivity index (χ3n) is 6.71. The monoisotopic (exact) mass is 572 g/mol. The zero-order valence-electron chi connectivity index (χ0n) is 22.7. The highest BCUT2D eigenvalue weighted by atomic mass is 35.5. The summed E-state index contributed by atoms with van der Waals surface area (Å²) in [7, 11) is 0. The van der Waals surface area contributed by atoms with E-state index in [1.54, 1.807) is 18.4 Å². The molecule has 0 N–H and O–H groups in total. The number of hydrogen-bond acceptors (Lipinski definition) is 6. The average Bonchev–Trinajstić information content (AvgIpc) is 3.23. The van der Waals surface area contributed by atoms with Gasteiger partial charge in [-0.2, -0.15) is 0 Å². The lowest BCUT2D eigenvalue weighted by Crippen LogP contribution is -2.39. The van der Waals surface area contributed by atoms with Gasteiger partial charge in [-0.25, -0.2) is 9.79 Å². The Hall–Kier alpha value is -3.94. The van der Waals surface area contributed by atoms with Crippen LogP contribution < -0.4 is 19.6 Å². The fourth-order valence-electron chi connectivity index (χ4n) is 4.92. The molecule has 4 aromatic rings. The van der Waals surface area contributed by atoms with E-state index in [1.165, 1.54) is 11.3 Å². The molecule has 6 nitrogen and oxygen atoms in total. The van der Waals surface area contributed by atoms with Crippen molar-refractivity contribution >= 4 is 35.0 Å². The summed E-state index contributed by atoms with van der Waals surface area (Å²) in [4.78, 5) is 32.0. The molecular weight excluding hydrogens is 544 g/mol. The second-order valence-electron chi connectivity index (χ2n) is 9.61. The normalized spacial score (nSPS) is 15.0. The molecule has 0 radical (unpaired) electrons. The number of thiazole rings is 1. The highest BCUT2D eigenvalue weighted by Gasteiger charge is 2.33. The first kappa shape index (κ1) is 27.6. The number of allylic oxidation sites excluding steroid dienone is 1. The zero-order valence-corrected chi connectivity index (χ0v) is 24.3. The van der Waals surface area contributed by atoms with Crippen LogP contribution in [-0.2, 0) is 16.1 Å². The van der Waals surface area contributed by atoms with Gasteiger partial charge in [0.1, 0.15) is 12.4 Å². The highest BCUT2D eigenvalue weighted by Crippen LogP contribution is 2.31. The van der Waals surface area contributed by atoms with Gasteiger partial charge in [0.25, 0.3) is 5.56 Å². The number of carbonyl (C=O) groups excluding carboxylic acids is 1. The van der Waals surface area contributed by atoms with Gasteiger partial charge in [-0.3, -0.25) is 9.36 Å². The predicted octanol–water partition coefficient (Wildman–Crippen LogP) is 5.65. The van der Waals surface area contributed by atoms with E-state index >= 15 is 0 Å². The van der Waals surface area contributed by atoms with Gasteiger partial charge in [0, 0.05) is 5.02 Å². The number of ether oxygens (including phenoxy) is 2. The zero-order chi connectivity index (χ0) is 28.4. The lowest BCUT2D eigenvalue weighted by Gasteiger charge is -2.24. The van der Waals surface area contributed by atoms with Gasteiger partial charge in [0.15, 0.2) is 4.80 Å². The minimum Gasteiger partial charge on any atom is -0.488 e. The van der Waals surface area contributed by atoms with Crippen LogP contribution in [0.4, 0.5) is 0 Å². The summed E-state index contributed by atoms with van der Waals surface area (Å²) in [6.07, 6.45) is 1.87. The van der Waals surface area contributed by atoms with Crippen LogP contribution in [0.1, 0.15) is 47.7 Å². The van der Waals surface area contributed by atoms with Crippen molar-refractivity contribution in [1.82, 2.24) is 4.57 Å². The molecule has 40 heavy (non-hydrogen) atoms. The quantitative estimate of drug-likeness (QED) is 0.268. The van der Waals surface area contributed by atoms with Crippen molar-refractivity contribution in [1.29, 1.82) is 0 Å². The van der Waals surface area contributed by atoms with Gasteiger partial charge in [0.2, 0.25) is 0 Å². The molecule has 0 spiro atoms. The number of halogens is 1. The van der Waals surface area contributed by atoms with E-state index in [0.29, 0.717) is 32.2 Å². The minimum atomic E-state index is -0.620. The van der Waals surface area contributed by atoms with Crippen LogP contribution in [0.5, 0.6) is 5.75 Å². The Labute approximate surface area is 241 Å². The summed E-state index contributed by atoms with van der Waals surface area (Å²) < 4.78 is 13.6. The first-order valence-corrected chi connectivity index (χ1v) is 14.2. The van der Waals surface area contributed by atoms with Crippen LogP contribution in [-0.4, -0.2) is 17.1 Å². The molecule has 3 aromatic carbocycles. The number of rotatable bonds is 7. The molecule has 1 atom stereocenters. The van der Waals surface area contributed by atoms with E-state index in [2.05, 4.69) is 4.99 Å². The molecule has 5 rings (SSSR count). The average molecular weight is 573 g/mol. The van der Waals surface area contributed by atoms with Crippen molar-refractivity contribution in [2.45, 2.75) is 40.3 Å². The second-order valence-corrected chi connectivity index (χ2v) is 11.1. The number of hydrogen-bond donors (Lipinski definition) is 0. The number of aryl methyl sites for hydroxylation is 2. The van der Waals surface area contributed by atoms with Gasteiger partial charge < -0.3 is 9.47 Å². The Morgan fingerprint density at radius 2 is 1.73 bits per heavy atom. The van der Waals surface area contributed by atoms with E-state index in [4.69, 9.17) is 21.1 Å². The maximum atomic E-state index is 13.8. The fraction of sp³-hybridized carbons (Fsp3) is 0.219. The third kappa shape index (κ3) is 5.53. The van der Waals surface area contributed by atoms with Crippen molar-refractivity contribution < 1.29 is 14.3 Å². The molecule has 0 bridgehead atoms. The summed E-state index contributed by atoms with van der Waals surface area (Å²) in [6, 6.07) is 20.5. The van der Waals surface area contributed by atoms with Crippen molar-refractivity contribution in [3.63, 3.8) is 0 Å². The number of fused-ring (bicyclic) bond motifs is 1. The van der Waals surface area contributed by atoms with Crippen molar-refractivity contribution in [3.05, 3.63) is 131 Å². The van der Waals surface area contributed by atoms with Gasteiger partial charge in [-0.15, -0.1) is 0 Å². The van der Waals surface area contributed by atoms with Gasteiger partial charge in [-0.1, -0.05) is 65.4 Å². The maximum absolute atomic E-state index is 13.8. The first-order chi connectivity index (χ1) is 19.3. The Bertz CT molecular complexity index is 1760. The molecule has 0 unspecified atom stereocenters. The Kier molecular flexibility index (Phi) is 8.05. The molecule has 2 heterocycles. The summed E-state index contributed by atoms with van der Waals surface area (Å²) in [5.41, 5.74) is 5.39. The molecule has 0 fully saturated rings. The van der Waals surface area contributed by atoms with Crippen molar-refractivity contribution in [2.75, 3.05) is 6.61 Å². The van der Waals surface area contributed by atoms with E-state index in [1.807, 2.05) is 86.7 Å². The van der Waals surface area contributed by atoms with E-state index in [0.717, 1.165) is 33.6 Å². The number of nitrogens with zero attached hydrogens (tertiary/aromatic N) is 2. The first-order valence-electron chi connectivity index (χ1n) is 13.0. The van der Waals surface area contributed by atoms with Crippen LogP contribution in [0, 0.1) is 13.8 Å². The summed E-state index contributed by atoms with van der Waals surface area (Å²) >= 11 is 7.30. The smallest absolute Gasteiger partial charge is 0.338 e. The lowest BCUT2D eigenvalue weighted by molar-refractivity contribution is -0.139. The van der Waals surface area contributed by atoms with Crippen LogP contribution in [0.2, 0.25) is 5.02 Å². The predicted molar refractivity (Wildman–Crippen MR) is 159 cm³/mol. The molecular formula is C32H29ClN2O4S. The standard InChI is InChI=1S/C32H29ClN2O4S/c1-5-38-31(37)27-21(4)34-32-35(28(27)24-9-7-6-8-10-24)30(36)26(40-32)17-23-15-19(2)29(20(3)16-23)39-18-22-11-13-25(33)14-12-22/h6-17,28H,5,18H2,1-4H3/b26-17-/t28-/m1/s1. The molecule has 1 aromatic heterocycles. The van der Waals surface area contributed by atoms with Crippen molar-refractivity contribution in [2.24, 2.45) is 4.99 Å². The summed E-state index contributed by atoms with van der Waals surface area (Å²) in [6.45, 7) is 8.20. The third-order valence-corrected chi connectivity index (χ3v) is 7.94. The molecule has 8 heteroatoms. The minimum absolute atomic E-state index is 0.203. The SMILES string of the molecule is CCOC(=O)C1=C(C)N=c2s/c(=C\c3cc(C)c(OCc4ccc(Cl)cc4)c(C)c3)c(=O)n2[C@@H]1c1ccccc1. The van der Waals surface area contributed by atoms with Crippen LogP contribution in [0.3, 0.4) is 0 Å². The van der Waals surface area contributed by atoms with Crippen LogP contribution in [0.15, 0.2) is 87.8 Å². The molecule has 204 valence electrons. The maximum Gasteiger partial charge on any atom is 0.338 e. The molecule has 1 aliphatic rings. The van der Waals surface area contributed by atoms with Gasteiger partial charge >= 0.3 is 5.97 Å². The van der Waals surface area contributed by atoms with Gasteiger partial charge in [-0.05, 0) is 85.9 Å². The van der Waals surface area contributed by atoms with Crippen LogP contribution >= 0.6 is 22.9 Å². The van der Waals surface area contributed by atoms with E-state index in [9.17, 15) is 9.59 Å². The van der Waals surface area contributed by atoms with Crippen molar-refractivity contribution in [3.8, 4) is 5.75 Å². The number of carbonyl (C=O) groups is 1. The molecule has 0 saturated carbocycles. The summed E-state index contributed by atoms with van der Waals surface area (Å²) in [5.74, 6) is 0.347. The number of aromatic nitrogens is 1. The van der Waals surface area contributed by atoms with Crippen LogP contribution in [0.25, 0.3) is 6.08 Å². The number of benzene rings is 3. The van der Waals surface area contributed by atoms with E-state index in [-0.39, 0.29) is 12.2 Å². The molecule has 1 aliphatic heterocycles. The second kappa shape index (κ2) is 11.7. The topological polar surface area (TPSA) is 69.9 Å². The summed E-state index contributed by atoms with van der Waals surface area (Å²) in [5, 5.41) is 0.688. The van der Waals surface area contributed by atoms with Gasteiger partial charge in [0.05, 0.1) is 28.5 Å². The molecule has 0 amide bonds. The lowest BCUT2D eigenvalue weighted by atomic mass is 9.96. The number of esters is 1.